The summed E-state index contributed by atoms with van der Waals surface area (Å²) in [5.41, 5.74) is 1.10. The third-order valence-corrected chi connectivity index (χ3v) is 2.67. The standard InChI is InChI=1S/C13H13NO4/c1-8-11(13(16)17-2)7-9(12(15)14-8)6-10-4-3-5-18-10/h3-5,7H,6H2,1-2H3,(H,14,15). The van der Waals surface area contributed by atoms with Crippen LogP contribution in [-0.2, 0) is 11.2 Å². The van der Waals surface area contributed by atoms with Crippen LogP contribution in [0.5, 0.6) is 0 Å². The molecule has 0 aliphatic carbocycles. The van der Waals surface area contributed by atoms with Gasteiger partial charge in [0.05, 0.1) is 18.9 Å². The molecule has 2 heterocycles. The third kappa shape index (κ3) is 2.34. The van der Waals surface area contributed by atoms with Gasteiger partial charge < -0.3 is 14.1 Å². The van der Waals surface area contributed by atoms with Crippen molar-refractivity contribution in [2.45, 2.75) is 13.3 Å². The summed E-state index contributed by atoms with van der Waals surface area (Å²) < 4.78 is 9.84. The molecule has 5 heteroatoms. The summed E-state index contributed by atoms with van der Waals surface area (Å²) in [4.78, 5) is 25.9. The minimum Gasteiger partial charge on any atom is -0.469 e. The summed E-state index contributed by atoms with van der Waals surface area (Å²) >= 11 is 0. The summed E-state index contributed by atoms with van der Waals surface area (Å²) in [6.07, 6.45) is 1.88. The number of aromatic nitrogens is 1. The van der Waals surface area contributed by atoms with Crippen LogP contribution in [0.4, 0.5) is 0 Å². The molecule has 0 unspecified atom stereocenters. The Hall–Kier alpha value is -2.30. The van der Waals surface area contributed by atoms with E-state index < -0.39 is 5.97 Å². The van der Waals surface area contributed by atoms with Crippen molar-refractivity contribution in [1.29, 1.82) is 0 Å². The zero-order chi connectivity index (χ0) is 13.1. The van der Waals surface area contributed by atoms with E-state index in [0.717, 1.165) is 0 Å². The van der Waals surface area contributed by atoms with Crippen molar-refractivity contribution >= 4 is 5.97 Å². The lowest BCUT2D eigenvalue weighted by atomic mass is 10.1. The molecule has 1 N–H and O–H groups in total. The van der Waals surface area contributed by atoms with Gasteiger partial charge in [-0.25, -0.2) is 4.79 Å². The SMILES string of the molecule is COC(=O)c1cc(Cc2ccco2)c(=O)[nH]c1C. The van der Waals surface area contributed by atoms with E-state index in [0.29, 0.717) is 29.0 Å². The Morgan fingerprint density at radius 3 is 2.89 bits per heavy atom. The van der Waals surface area contributed by atoms with Gasteiger partial charge in [0.1, 0.15) is 5.76 Å². The fourth-order valence-corrected chi connectivity index (χ4v) is 1.72. The lowest BCUT2D eigenvalue weighted by Crippen LogP contribution is -2.18. The van der Waals surface area contributed by atoms with Crippen LogP contribution in [0.3, 0.4) is 0 Å². The molecule has 18 heavy (non-hydrogen) atoms. The average Bonchev–Trinajstić information content (AvgIpc) is 2.84. The van der Waals surface area contributed by atoms with E-state index >= 15 is 0 Å². The van der Waals surface area contributed by atoms with Gasteiger partial charge >= 0.3 is 5.97 Å². The lowest BCUT2D eigenvalue weighted by molar-refractivity contribution is 0.0599. The number of nitrogens with one attached hydrogen (secondary N) is 1. The van der Waals surface area contributed by atoms with Gasteiger partial charge in [-0.2, -0.15) is 0 Å². The van der Waals surface area contributed by atoms with E-state index in [1.807, 2.05) is 0 Å². The molecule has 0 aromatic carbocycles. The highest BCUT2D eigenvalue weighted by Gasteiger charge is 2.13. The molecule has 0 fully saturated rings. The predicted molar refractivity (Wildman–Crippen MR) is 64.7 cm³/mol. The van der Waals surface area contributed by atoms with Gasteiger partial charge in [0.2, 0.25) is 0 Å². The molecule has 0 aliphatic rings. The van der Waals surface area contributed by atoms with Crippen LogP contribution in [0.1, 0.15) is 27.4 Å². The minimum absolute atomic E-state index is 0.225. The van der Waals surface area contributed by atoms with Crippen molar-refractivity contribution in [1.82, 2.24) is 4.98 Å². The number of ether oxygens (including phenoxy) is 1. The van der Waals surface area contributed by atoms with E-state index in [-0.39, 0.29) is 5.56 Å². The maximum atomic E-state index is 11.8. The minimum atomic E-state index is -0.468. The predicted octanol–water partition coefficient (Wildman–Crippen LogP) is 1.65. The van der Waals surface area contributed by atoms with E-state index in [9.17, 15) is 9.59 Å². The van der Waals surface area contributed by atoms with Gasteiger partial charge in [-0.3, -0.25) is 4.79 Å². The monoisotopic (exact) mass is 247 g/mol. The number of methoxy groups -OCH3 is 1. The summed E-state index contributed by atoms with van der Waals surface area (Å²) in [6.45, 7) is 1.66. The Morgan fingerprint density at radius 1 is 1.50 bits per heavy atom. The largest absolute Gasteiger partial charge is 0.469 e. The van der Waals surface area contributed by atoms with Crippen molar-refractivity contribution in [3.05, 3.63) is 57.4 Å². The smallest absolute Gasteiger partial charge is 0.339 e. The molecule has 0 bridgehead atoms. The molecular formula is C13H13NO4. The van der Waals surface area contributed by atoms with Gasteiger partial charge in [-0.05, 0) is 25.1 Å². The molecule has 2 aromatic heterocycles. The fraction of sp³-hybridized carbons (Fsp3) is 0.231. The molecule has 0 spiro atoms. The van der Waals surface area contributed by atoms with Crippen LogP contribution < -0.4 is 5.56 Å². The van der Waals surface area contributed by atoms with Crippen molar-refractivity contribution in [3.8, 4) is 0 Å². The Labute approximate surface area is 103 Å². The van der Waals surface area contributed by atoms with Gasteiger partial charge in [0, 0.05) is 17.7 Å². The first kappa shape index (κ1) is 12.2. The Morgan fingerprint density at radius 2 is 2.28 bits per heavy atom. The molecule has 0 saturated carbocycles. The first-order valence-electron chi connectivity index (χ1n) is 5.45. The number of carbonyl (C=O) groups excluding carboxylic acids is 1. The van der Waals surface area contributed by atoms with Gasteiger partial charge in [0.25, 0.3) is 5.56 Å². The zero-order valence-corrected chi connectivity index (χ0v) is 10.1. The van der Waals surface area contributed by atoms with Crippen molar-refractivity contribution in [3.63, 3.8) is 0 Å². The van der Waals surface area contributed by atoms with Crippen LogP contribution >= 0.6 is 0 Å². The topological polar surface area (TPSA) is 72.3 Å². The Bertz CT molecular complexity index is 610. The Kier molecular flexibility index (Phi) is 3.32. The number of rotatable bonds is 3. The summed E-state index contributed by atoms with van der Waals surface area (Å²) in [5, 5.41) is 0. The maximum absolute atomic E-state index is 11.8. The zero-order valence-electron chi connectivity index (χ0n) is 10.1. The number of aryl methyl sites for hydroxylation is 1. The number of hydrogen-bond acceptors (Lipinski definition) is 4. The van der Waals surface area contributed by atoms with E-state index in [4.69, 9.17) is 4.42 Å². The molecule has 2 rings (SSSR count). The molecule has 94 valence electrons. The highest BCUT2D eigenvalue weighted by atomic mass is 16.5. The quantitative estimate of drug-likeness (QED) is 0.837. The molecule has 2 aromatic rings. The number of pyridine rings is 1. The maximum Gasteiger partial charge on any atom is 0.339 e. The van der Waals surface area contributed by atoms with Crippen molar-refractivity contribution in [2.24, 2.45) is 0 Å². The second-order valence-corrected chi connectivity index (χ2v) is 3.91. The van der Waals surface area contributed by atoms with E-state index in [1.54, 1.807) is 31.4 Å². The van der Waals surface area contributed by atoms with Crippen LogP contribution in [0.2, 0.25) is 0 Å². The number of carbonyl (C=O) groups is 1. The fourth-order valence-electron chi connectivity index (χ4n) is 1.72. The van der Waals surface area contributed by atoms with E-state index in [2.05, 4.69) is 9.72 Å². The number of hydrogen-bond donors (Lipinski definition) is 1. The van der Waals surface area contributed by atoms with Crippen LogP contribution in [0, 0.1) is 6.92 Å². The molecule has 0 aliphatic heterocycles. The van der Waals surface area contributed by atoms with Gasteiger partial charge in [-0.1, -0.05) is 0 Å². The van der Waals surface area contributed by atoms with Gasteiger partial charge in [-0.15, -0.1) is 0 Å². The van der Waals surface area contributed by atoms with Crippen molar-refractivity contribution < 1.29 is 13.9 Å². The van der Waals surface area contributed by atoms with E-state index in [1.165, 1.54) is 7.11 Å². The second-order valence-electron chi connectivity index (χ2n) is 3.91. The van der Waals surface area contributed by atoms with Gasteiger partial charge in [0.15, 0.2) is 0 Å². The average molecular weight is 247 g/mol. The molecule has 0 radical (unpaired) electrons. The number of esters is 1. The first-order chi connectivity index (χ1) is 8.61. The first-order valence-corrected chi connectivity index (χ1v) is 5.45. The normalized spacial score (nSPS) is 10.3. The highest BCUT2D eigenvalue weighted by molar-refractivity contribution is 5.90. The molecular weight excluding hydrogens is 234 g/mol. The third-order valence-electron chi connectivity index (χ3n) is 2.67. The lowest BCUT2D eigenvalue weighted by Gasteiger charge is -2.05. The summed E-state index contributed by atoms with van der Waals surface area (Å²) in [7, 11) is 1.30. The van der Waals surface area contributed by atoms with Crippen LogP contribution in [0.25, 0.3) is 0 Å². The molecule has 0 amide bonds. The molecule has 5 nitrogen and oxygen atoms in total. The number of H-pyrrole nitrogens is 1. The second kappa shape index (κ2) is 4.91. The molecule has 0 saturated heterocycles. The number of furan rings is 1. The summed E-state index contributed by atoms with van der Waals surface area (Å²) in [5.74, 6) is 0.199. The molecule has 0 atom stereocenters. The van der Waals surface area contributed by atoms with Crippen LogP contribution in [0.15, 0.2) is 33.7 Å². The summed E-state index contributed by atoms with van der Waals surface area (Å²) in [6, 6.07) is 5.07. The van der Waals surface area contributed by atoms with Crippen LogP contribution in [-0.4, -0.2) is 18.1 Å². The number of aromatic amines is 1. The van der Waals surface area contributed by atoms with Crippen molar-refractivity contribution in [2.75, 3.05) is 7.11 Å². The Balaban J connectivity index is 2.41. The highest BCUT2D eigenvalue weighted by Crippen LogP contribution is 2.11.